The standard InChI is InChI=1S/C29H48O2/c1-6-9-11-13-17-28(19-15-25(30)21-23(28)4)27(8-3)29(18-14-12-10-7-2)20-16-26(31)22-24(29)5/h15-16,19-24,27,30-31H,6-14,17-18H2,1-5H3. The van der Waals surface area contributed by atoms with Crippen molar-refractivity contribution >= 4 is 0 Å². The lowest BCUT2D eigenvalue weighted by atomic mass is 9.49. The van der Waals surface area contributed by atoms with Crippen molar-refractivity contribution in [1.29, 1.82) is 0 Å². The maximum atomic E-state index is 10.3. The number of aliphatic hydroxyl groups excluding tert-OH is 2. The molecule has 0 fully saturated rings. The van der Waals surface area contributed by atoms with Gasteiger partial charge in [-0.3, -0.25) is 0 Å². The van der Waals surface area contributed by atoms with E-state index in [0.717, 1.165) is 6.42 Å². The molecule has 176 valence electrons. The van der Waals surface area contributed by atoms with Crippen LogP contribution < -0.4 is 0 Å². The van der Waals surface area contributed by atoms with Crippen LogP contribution in [0, 0.1) is 28.6 Å². The Morgan fingerprint density at radius 1 is 0.710 bits per heavy atom. The van der Waals surface area contributed by atoms with Gasteiger partial charge in [0, 0.05) is 0 Å². The largest absolute Gasteiger partial charge is 0.508 e. The molecular weight excluding hydrogens is 380 g/mol. The first-order chi connectivity index (χ1) is 14.9. The molecule has 0 aliphatic heterocycles. The first-order valence-corrected chi connectivity index (χ1v) is 13.1. The molecule has 0 aromatic rings. The molecule has 0 bridgehead atoms. The second-order valence-corrected chi connectivity index (χ2v) is 10.2. The molecule has 2 aliphatic carbocycles. The first kappa shape index (κ1) is 25.8. The number of hydrogen-bond donors (Lipinski definition) is 2. The fourth-order valence-corrected chi connectivity index (χ4v) is 6.53. The lowest BCUT2D eigenvalue weighted by Gasteiger charge is -2.55. The molecule has 2 rings (SSSR count). The van der Waals surface area contributed by atoms with E-state index in [1.165, 1.54) is 64.2 Å². The minimum Gasteiger partial charge on any atom is -0.508 e. The molecule has 2 N–H and O–H groups in total. The van der Waals surface area contributed by atoms with Crippen molar-refractivity contribution in [1.82, 2.24) is 0 Å². The van der Waals surface area contributed by atoms with Crippen LogP contribution in [0.2, 0.25) is 0 Å². The van der Waals surface area contributed by atoms with E-state index < -0.39 is 0 Å². The summed E-state index contributed by atoms with van der Waals surface area (Å²) in [4.78, 5) is 0. The van der Waals surface area contributed by atoms with E-state index in [2.05, 4.69) is 58.9 Å². The Morgan fingerprint density at radius 3 is 1.45 bits per heavy atom. The molecule has 0 saturated heterocycles. The maximum Gasteiger partial charge on any atom is 0.111 e. The molecule has 4 unspecified atom stereocenters. The Bertz CT molecular complexity index is 614. The molecule has 0 amide bonds. The molecule has 2 aliphatic rings. The van der Waals surface area contributed by atoms with Crippen LogP contribution in [0.5, 0.6) is 0 Å². The summed E-state index contributed by atoms with van der Waals surface area (Å²) < 4.78 is 0. The fraction of sp³-hybridized carbons (Fsp3) is 0.724. The van der Waals surface area contributed by atoms with Crippen molar-refractivity contribution < 1.29 is 10.2 Å². The van der Waals surface area contributed by atoms with Crippen molar-refractivity contribution in [2.75, 3.05) is 0 Å². The van der Waals surface area contributed by atoms with E-state index in [0.29, 0.717) is 29.3 Å². The summed E-state index contributed by atoms with van der Waals surface area (Å²) in [6.07, 6.45) is 26.3. The van der Waals surface area contributed by atoms with Crippen molar-refractivity contribution in [3.8, 4) is 0 Å². The Morgan fingerprint density at radius 2 is 1.13 bits per heavy atom. The lowest BCUT2D eigenvalue weighted by Crippen LogP contribution is -2.48. The van der Waals surface area contributed by atoms with Crippen LogP contribution in [-0.4, -0.2) is 10.2 Å². The van der Waals surface area contributed by atoms with Crippen LogP contribution in [-0.2, 0) is 0 Å². The van der Waals surface area contributed by atoms with Gasteiger partial charge >= 0.3 is 0 Å². The summed E-state index contributed by atoms with van der Waals surface area (Å²) in [5.41, 5.74) is 0.0811. The Kier molecular flexibility index (Phi) is 9.97. The van der Waals surface area contributed by atoms with E-state index in [4.69, 9.17) is 0 Å². The average Bonchev–Trinajstić information content (AvgIpc) is 2.74. The van der Waals surface area contributed by atoms with Gasteiger partial charge in [-0.1, -0.05) is 105 Å². The quantitative estimate of drug-likeness (QED) is 0.287. The normalized spacial score (nSPS) is 31.4. The van der Waals surface area contributed by atoms with Gasteiger partial charge in [-0.25, -0.2) is 0 Å². The first-order valence-electron chi connectivity index (χ1n) is 13.1. The highest BCUT2D eigenvalue weighted by Gasteiger charge is 2.52. The van der Waals surface area contributed by atoms with E-state index in [1.54, 1.807) is 0 Å². The molecule has 0 saturated carbocycles. The highest BCUT2D eigenvalue weighted by Crippen LogP contribution is 2.59. The Labute approximate surface area is 192 Å². The van der Waals surface area contributed by atoms with Crippen molar-refractivity contribution in [3.05, 3.63) is 48.0 Å². The minimum atomic E-state index is 0.0406. The van der Waals surface area contributed by atoms with E-state index >= 15 is 0 Å². The summed E-state index contributed by atoms with van der Waals surface area (Å²) >= 11 is 0. The third-order valence-electron chi connectivity index (χ3n) is 8.30. The third kappa shape index (κ3) is 5.88. The number of rotatable bonds is 13. The monoisotopic (exact) mass is 428 g/mol. The van der Waals surface area contributed by atoms with E-state index in [-0.39, 0.29) is 10.8 Å². The zero-order valence-corrected chi connectivity index (χ0v) is 20.9. The summed E-state index contributed by atoms with van der Waals surface area (Å²) in [7, 11) is 0. The van der Waals surface area contributed by atoms with Crippen LogP contribution in [0.4, 0.5) is 0 Å². The van der Waals surface area contributed by atoms with Crippen molar-refractivity contribution in [2.24, 2.45) is 28.6 Å². The summed E-state index contributed by atoms with van der Waals surface area (Å²) in [6, 6.07) is 0. The highest BCUT2D eigenvalue weighted by molar-refractivity contribution is 5.30. The van der Waals surface area contributed by atoms with Gasteiger partial charge in [-0.2, -0.15) is 0 Å². The van der Waals surface area contributed by atoms with E-state index in [9.17, 15) is 10.2 Å². The fourth-order valence-electron chi connectivity index (χ4n) is 6.53. The van der Waals surface area contributed by atoms with Crippen LogP contribution in [0.15, 0.2) is 48.0 Å². The van der Waals surface area contributed by atoms with Gasteiger partial charge in [0.2, 0.25) is 0 Å². The van der Waals surface area contributed by atoms with Gasteiger partial charge in [0.15, 0.2) is 0 Å². The molecule has 0 radical (unpaired) electrons. The van der Waals surface area contributed by atoms with Crippen LogP contribution in [0.3, 0.4) is 0 Å². The van der Waals surface area contributed by atoms with Crippen molar-refractivity contribution in [3.63, 3.8) is 0 Å². The molecule has 0 spiro atoms. The Hall–Kier alpha value is -1.44. The molecule has 4 atom stereocenters. The summed E-state index contributed by atoms with van der Waals surface area (Å²) in [6.45, 7) is 11.5. The zero-order chi connectivity index (χ0) is 22.9. The van der Waals surface area contributed by atoms with Gasteiger partial charge in [0.05, 0.1) is 0 Å². The molecule has 2 heteroatoms. The average molecular weight is 429 g/mol. The van der Waals surface area contributed by atoms with Crippen LogP contribution >= 0.6 is 0 Å². The predicted molar refractivity (Wildman–Crippen MR) is 134 cm³/mol. The summed E-state index contributed by atoms with van der Waals surface area (Å²) in [5, 5.41) is 20.5. The lowest BCUT2D eigenvalue weighted by molar-refractivity contribution is 0.0122. The third-order valence-corrected chi connectivity index (χ3v) is 8.30. The van der Waals surface area contributed by atoms with Gasteiger partial charge in [-0.05, 0) is 65.7 Å². The van der Waals surface area contributed by atoms with Gasteiger partial charge in [0.25, 0.3) is 0 Å². The Balaban J connectivity index is 2.45. The van der Waals surface area contributed by atoms with Gasteiger partial charge in [-0.15, -0.1) is 0 Å². The molecule has 0 aromatic heterocycles. The molecule has 31 heavy (non-hydrogen) atoms. The van der Waals surface area contributed by atoms with Crippen molar-refractivity contribution in [2.45, 2.75) is 105 Å². The predicted octanol–water partition coefficient (Wildman–Crippen LogP) is 9.22. The van der Waals surface area contributed by atoms with Gasteiger partial charge in [0.1, 0.15) is 11.5 Å². The second-order valence-electron chi connectivity index (χ2n) is 10.2. The second kappa shape index (κ2) is 12.0. The smallest absolute Gasteiger partial charge is 0.111 e. The molecule has 0 aromatic carbocycles. The number of aliphatic hydroxyl groups is 2. The number of allylic oxidation sites excluding steroid dienone is 6. The highest BCUT2D eigenvalue weighted by atomic mass is 16.3. The topological polar surface area (TPSA) is 40.5 Å². The number of unbranched alkanes of at least 4 members (excludes halogenated alkanes) is 6. The summed E-state index contributed by atoms with van der Waals surface area (Å²) in [5.74, 6) is 1.89. The van der Waals surface area contributed by atoms with Crippen LogP contribution in [0.1, 0.15) is 105 Å². The number of hydrogen-bond acceptors (Lipinski definition) is 2. The molecule has 0 heterocycles. The molecular formula is C29H48O2. The molecule has 2 nitrogen and oxygen atoms in total. The minimum absolute atomic E-state index is 0.0406. The van der Waals surface area contributed by atoms with Gasteiger partial charge < -0.3 is 10.2 Å². The van der Waals surface area contributed by atoms with E-state index in [1.807, 2.05) is 12.2 Å². The maximum absolute atomic E-state index is 10.3. The SMILES string of the molecule is CCCCCCC1(C(CC)C2(CCCCCC)C=CC(O)=CC2C)C=CC(O)=CC1C. The zero-order valence-electron chi connectivity index (χ0n) is 20.9. The van der Waals surface area contributed by atoms with Crippen LogP contribution in [0.25, 0.3) is 0 Å².